The Balaban J connectivity index is 3.02. The molecule has 1 aromatic rings. The highest BCUT2D eigenvalue weighted by atomic mass is 16.5. The molecule has 3 nitrogen and oxygen atoms in total. The molecule has 14 heavy (non-hydrogen) atoms. The third-order valence-electron chi connectivity index (χ3n) is 1.70. The number of aromatic hydroxyl groups is 1. The highest BCUT2D eigenvalue weighted by Gasteiger charge is 2.08. The van der Waals surface area contributed by atoms with Crippen LogP contribution in [-0.4, -0.2) is 17.5 Å². The number of hydrogen-bond donors (Lipinski definition) is 1. The van der Waals surface area contributed by atoms with E-state index < -0.39 is 0 Å². The molecule has 0 atom stereocenters. The van der Waals surface area contributed by atoms with E-state index in [0.717, 1.165) is 0 Å². The molecule has 1 N–H and O–H groups in total. The van der Waals surface area contributed by atoms with E-state index in [0.29, 0.717) is 17.9 Å². The largest absolute Gasteiger partial charge is 0.508 e. The Labute approximate surface area is 82.6 Å². The van der Waals surface area contributed by atoms with Crippen LogP contribution in [0.1, 0.15) is 17.3 Å². The standard InChI is InChI=1S/C11H12O3/c1-3-6-14-11-7-9(13)4-5-10(11)8(2)12/h3-5,7,13H,1,6H2,2H3. The lowest BCUT2D eigenvalue weighted by Crippen LogP contribution is -2.00. The van der Waals surface area contributed by atoms with Gasteiger partial charge in [-0.3, -0.25) is 4.79 Å². The molecule has 0 spiro atoms. The predicted molar refractivity (Wildman–Crippen MR) is 53.8 cm³/mol. The fraction of sp³-hybridized carbons (Fsp3) is 0.182. The Morgan fingerprint density at radius 2 is 2.36 bits per heavy atom. The van der Waals surface area contributed by atoms with E-state index in [9.17, 15) is 9.90 Å². The highest BCUT2D eigenvalue weighted by molar-refractivity contribution is 5.97. The van der Waals surface area contributed by atoms with E-state index in [1.54, 1.807) is 6.08 Å². The van der Waals surface area contributed by atoms with Crippen LogP contribution in [0, 0.1) is 0 Å². The smallest absolute Gasteiger partial charge is 0.163 e. The molecular weight excluding hydrogens is 180 g/mol. The number of ketones is 1. The topological polar surface area (TPSA) is 46.5 Å². The quantitative estimate of drug-likeness (QED) is 0.587. The first-order valence-electron chi connectivity index (χ1n) is 4.23. The third-order valence-corrected chi connectivity index (χ3v) is 1.70. The summed E-state index contributed by atoms with van der Waals surface area (Å²) in [7, 11) is 0. The van der Waals surface area contributed by atoms with Crippen LogP contribution in [0.25, 0.3) is 0 Å². The van der Waals surface area contributed by atoms with Crippen LogP contribution < -0.4 is 4.74 Å². The zero-order chi connectivity index (χ0) is 10.6. The van der Waals surface area contributed by atoms with E-state index in [4.69, 9.17) is 4.74 Å². The molecule has 0 saturated carbocycles. The fourth-order valence-corrected chi connectivity index (χ4v) is 1.07. The van der Waals surface area contributed by atoms with Gasteiger partial charge in [-0.05, 0) is 19.1 Å². The van der Waals surface area contributed by atoms with Gasteiger partial charge in [0.25, 0.3) is 0 Å². The molecule has 0 heterocycles. The van der Waals surface area contributed by atoms with Crippen molar-refractivity contribution in [2.75, 3.05) is 6.61 Å². The highest BCUT2D eigenvalue weighted by Crippen LogP contribution is 2.24. The molecule has 0 saturated heterocycles. The molecular formula is C11H12O3. The number of phenols is 1. The van der Waals surface area contributed by atoms with Gasteiger partial charge in [0, 0.05) is 6.07 Å². The molecule has 0 unspecified atom stereocenters. The summed E-state index contributed by atoms with van der Waals surface area (Å²) in [4.78, 5) is 11.2. The molecule has 74 valence electrons. The summed E-state index contributed by atoms with van der Waals surface area (Å²) in [6, 6.07) is 4.41. The number of benzene rings is 1. The van der Waals surface area contributed by atoms with Gasteiger partial charge < -0.3 is 9.84 Å². The maximum absolute atomic E-state index is 11.2. The van der Waals surface area contributed by atoms with Gasteiger partial charge in [0.2, 0.25) is 0 Å². The Hall–Kier alpha value is -1.77. The van der Waals surface area contributed by atoms with Gasteiger partial charge in [0.1, 0.15) is 18.1 Å². The zero-order valence-electron chi connectivity index (χ0n) is 7.99. The molecule has 0 radical (unpaired) electrons. The van der Waals surface area contributed by atoms with Crippen LogP contribution in [0.4, 0.5) is 0 Å². The van der Waals surface area contributed by atoms with Gasteiger partial charge in [-0.25, -0.2) is 0 Å². The van der Waals surface area contributed by atoms with Crippen LogP contribution >= 0.6 is 0 Å². The number of Topliss-reactive ketones (excluding diaryl/α,β-unsaturated/α-hetero) is 1. The molecule has 0 aromatic heterocycles. The first-order valence-corrected chi connectivity index (χ1v) is 4.23. The van der Waals surface area contributed by atoms with Crippen molar-refractivity contribution < 1.29 is 14.6 Å². The minimum atomic E-state index is -0.0935. The third kappa shape index (κ3) is 2.36. The second kappa shape index (κ2) is 4.46. The van der Waals surface area contributed by atoms with E-state index in [2.05, 4.69) is 6.58 Å². The van der Waals surface area contributed by atoms with Gasteiger partial charge in [-0.1, -0.05) is 12.7 Å². The average Bonchev–Trinajstić information content (AvgIpc) is 2.14. The van der Waals surface area contributed by atoms with Gasteiger partial charge in [-0.15, -0.1) is 0 Å². The van der Waals surface area contributed by atoms with Crippen LogP contribution in [0.5, 0.6) is 11.5 Å². The van der Waals surface area contributed by atoms with Gasteiger partial charge in [0.15, 0.2) is 5.78 Å². The van der Waals surface area contributed by atoms with Crippen molar-refractivity contribution in [3.8, 4) is 11.5 Å². The molecule has 0 aliphatic heterocycles. The van der Waals surface area contributed by atoms with Crippen molar-refractivity contribution in [1.29, 1.82) is 0 Å². The summed E-state index contributed by atoms with van der Waals surface area (Å²) in [5.41, 5.74) is 0.463. The normalized spacial score (nSPS) is 9.50. The van der Waals surface area contributed by atoms with Crippen molar-refractivity contribution in [1.82, 2.24) is 0 Å². The molecule has 1 aromatic carbocycles. The Kier molecular flexibility index (Phi) is 3.29. The first-order chi connectivity index (χ1) is 6.65. The SMILES string of the molecule is C=CCOc1cc(O)ccc1C(C)=O. The van der Waals surface area contributed by atoms with Crippen molar-refractivity contribution >= 4 is 5.78 Å². The average molecular weight is 192 g/mol. The van der Waals surface area contributed by atoms with Gasteiger partial charge in [0.05, 0.1) is 5.56 Å². The van der Waals surface area contributed by atoms with Gasteiger partial charge in [-0.2, -0.15) is 0 Å². The molecule has 0 aliphatic carbocycles. The zero-order valence-corrected chi connectivity index (χ0v) is 7.99. The Morgan fingerprint density at radius 3 is 2.93 bits per heavy atom. The molecule has 0 bridgehead atoms. The second-order valence-corrected chi connectivity index (χ2v) is 2.84. The minimum Gasteiger partial charge on any atom is -0.508 e. The van der Waals surface area contributed by atoms with Crippen molar-refractivity contribution in [2.24, 2.45) is 0 Å². The molecule has 3 heteroatoms. The fourth-order valence-electron chi connectivity index (χ4n) is 1.07. The lowest BCUT2D eigenvalue weighted by Gasteiger charge is -2.07. The Bertz CT molecular complexity index is 356. The van der Waals surface area contributed by atoms with Crippen LogP contribution in [0.3, 0.4) is 0 Å². The van der Waals surface area contributed by atoms with Crippen LogP contribution in [0.2, 0.25) is 0 Å². The van der Waals surface area contributed by atoms with E-state index in [1.807, 2.05) is 0 Å². The molecule has 0 fully saturated rings. The van der Waals surface area contributed by atoms with Crippen LogP contribution in [0.15, 0.2) is 30.9 Å². The molecule has 0 aliphatic rings. The molecule has 1 rings (SSSR count). The van der Waals surface area contributed by atoms with Crippen molar-refractivity contribution in [3.63, 3.8) is 0 Å². The second-order valence-electron chi connectivity index (χ2n) is 2.84. The number of rotatable bonds is 4. The van der Waals surface area contributed by atoms with Crippen molar-refractivity contribution in [2.45, 2.75) is 6.92 Å². The summed E-state index contributed by atoms with van der Waals surface area (Å²) < 4.78 is 5.23. The molecule has 0 amide bonds. The number of carbonyl (C=O) groups excluding carboxylic acids is 1. The summed E-state index contributed by atoms with van der Waals surface area (Å²) >= 11 is 0. The number of hydrogen-bond acceptors (Lipinski definition) is 3. The lowest BCUT2D eigenvalue weighted by molar-refractivity contribution is 0.101. The first kappa shape index (κ1) is 10.3. The van der Waals surface area contributed by atoms with E-state index in [-0.39, 0.29) is 11.5 Å². The van der Waals surface area contributed by atoms with E-state index in [1.165, 1.54) is 25.1 Å². The van der Waals surface area contributed by atoms with Gasteiger partial charge >= 0.3 is 0 Å². The lowest BCUT2D eigenvalue weighted by atomic mass is 10.1. The summed E-state index contributed by atoms with van der Waals surface area (Å²) in [5, 5.41) is 9.20. The number of phenolic OH excluding ortho intramolecular Hbond substituents is 1. The minimum absolute atomic E-state index is 0.0778. The number of carbonyl (C=O) groups is 1. The summed E-state index contributed by atoms with van der Waals surface area (Å²) in [6.07, 6.45) is 1.58. The Morgan fingerprint density at radius 1 is 1.64 bits per heavy atom. The maximum Gasteiger partial charge on any atom is 0.163 e. The predicted octanol–water partition coefficient (Wildman–Crippen LogP) is 2.16. The summed E-state index contributed by atoms with van der Waals surface area (Å²) in [6.45, 7) is 5.26. The van der Waals surface area contributed by atoms with E-state index >= 15 is 0 Å². The summed E-state index contributed by atoms with van der Waals surface area (Å²) in [5.74, 6) is 0.371. The monoisotopic (exact) mass is 192 g/mol. The number of ether oxygens (including phenoxy) is 1. The van der Waals surface area contributed by atoms with Crippen molar-refractivity contribution in [3.05, 3.63) is 36.4 Å². The van der Waals surface area contributed by atoms with Crippen LogP contribution in [-0.2, 0) is 0 Å². The maximum atomic E-state index is 11.2.